The molecule has 0 amide bonds. The molecule has 0 aliphatic rings. The second-order valence-corrected chi connectivity index (χ2v) is 2.73. The van der Waals surface area contributed by atoms with E-state index in [0.717, 1.165) is 5.56 Å². The molecule has 3 nitrogen and oxygen atoms in total. The van der Waals surface area contributed by atoms with Crippen LogP contribution in [0.25, 0.3) is 0 Å². The van der Waals surface area contributed by atoms with Crippen LogP contribution >= 0.6 is 20.7 Å². The van der Waals surface area contributed by atoms with Crippen LogP contribution in [0, 0.1) is 0 Å². The van der Waals surface area contributed by atoms with E-state index in [1.54, 1.807) is 0 Å². The lowest BCUT2D eigenvalue weighted by Crippen LogP contribution is -1.83. The van der Waals surface area contributed by atoms with Crippen LogP contribution in [0.2, 0.25) is 0 Å². The van der Waals surface area contributed by atoms with E-state index in [2.05, 4.69) is 4.52 Å². The van der Waals surface area contributed by atoms with Crippen LogP contribution in [0.1, 0.15) is 5.56 Å². The number of halogens is 1. The number of hydrogen-bond acceptors (Lipinski definition) is 2. The molecule has 1 N–H and O–H groups in total. The summed E-state index contributed by atoms with van der Waals surface area (Å²) in [6.45, 7) is 0.187. The maximum atomic E-state index is 10.1. The van der Waals surface area contributed by atoms with Crippen molar-refractivity contribution in [1.29, 1.82) is 0 Å². The molecular weight excluding hydrogens is 199 g/mol. The fourth-order valence-corrected chi connectivity index (χ4v) is 0.964. The third-order valence-corrected chi connectivity index (χ3v) is 1.53. The SMILES string of the molecule is Cl.O=[P+](O)OCc1ccccc1. The number of benzene rings is 1. The van der Waals surface area contributed by atoms with Gasteiger partial charge >= 0.3 is 8.25 Å². The summed E-state index contributed by atoms with van der Waals surface area (Å²) in [6, 6.07) is 9.24. The molecule has 1 rings (SSSR count). The monoisotopic (exact) mass is 207 g/mol. The van der Waals surface area contributed by atoms with Gasteiger partial charge in [0.05, 0.1) is 0 Å². The lowest BCUT2D eigenvalue weighted by molar-refractivity contribution is 0.272. The zero-order valence-corrected chi connectivity index (χ0v) is 7.92. The minimum atomic E-state index is -2.47. The zero-order valence-electron chi connectivity index (χ0n) is 6.21. The number of rotatable bonds is 3. The lowest BCUT2D eigenvalue weighted by Gasteiger charge is -1.90. The Hall–Kier alpha value is -0.470. The first-order chi connectivity index (χ1) is 5.29. The van der Waals surface area contributed by atoms with Crippen molar-refractivity contribution in [2.75, 3.05) is 0 Å². The molecule has 1 atom stereocenters. The zero-order chi connectivity index (χ0) is 8.10. The van der Waals surface area contributed by atoms with Crippen molar-refractivity contribution in [3.05, 3.63) is 35.9 Å². The highest BCUT2D eigenvalue weighted by molar-refractivity contribution is 7.32. The van der Waals surface area contributed by atoms with Crippen LogP contribution in [0.5, 0.6) is 0 Å². The van der Waals surface area contributed by atoms with Crippen molar-refractivity contribution >= 4 is 20.7 Å². The standard InChI is InChI=1S/C7H7O3P.ClH/c8-11(9)10-6-7-4-2-1-3-5-7;/h1-5H,6H2;1H/p+1. The molecule has 66 valence electrons. The van der Waals surface area contributed by atoms with Crippen LogP contribution < -0.4 is 0 Å². The first-order valence-corrected chi connectivity index (χ1v) is 4.25. The molecule has 0 aromatic heterocycles. The molecule has 0 radical (unpaired) electrons. The molecule has 12 heavy (non-hydrogen) atoms. The Labute approximate surface area is 77.7 Å². The van der Waals surface area contributed by atoms with Gasteiger partial charge in [0, 0.05) is 4.57 Å². The smallest absolute Gasteiger partial charge is 0.147 e. The van der Waals surface area contributed by atoms with Crippen molar-refractivity contribution < 1.29 is 14.0 Å². The Balaban J connectivity index is 0.00000121. The maximum Gasteiger partial charge on any atom is 0.695 e. The van der Waals surface area contributed by atoms with E-state index >= 15 is 0 Å². The molecule has 0 aliphatic heterocycles. The molecular formula is C7H9ClO3P+. The van der Waals surface area contributed by atoms with Crippen LogP contribution in [0.3, 0.4) is 0 Å². The van der Waals surface area contributed by atoms with Gasteiger partial charge in [0.25, 0.3) is 0 Å². The Morgan fingerprint density at radius 2 is 1.92 bits per heavy atom. The summed E-state index contributed by atoms with van der Waals surface area (Å²) in [6.07, 6.45) is 0. The van der Waals surface area contributed by atoms with Gasteiger partial charge in [-0.25, -0.2) is 0 Å². The summed E-state index contributed by atoms with van der Waals surface area (Å²) < 4.78 is 14.6. The van der Waals surface area contributed by atoms with Crippen LogP contribution in [0.15, 0.2) is 30.3 Å². The third kappa shape index (κ3) is 4.42. The topological polar surface area (TPSA) is 46.5 Å². The van der Waals surface area contributed by atoms with Crippen LogP contribution in [-0.4, -0.2) is 4.89 Å². The molecule has 0 aliphatic carbocycles. The summed E-state index contributed by atoms with van der Waals surface area (Å²) in [4.78, 5) is 8.30. The Kier molecular flexibility index (Phi) is 5.85. The molecule has 0 heterocycles. The highest BCUT2D eigenvalue weighted by Gasteiger charge is 2.10. The van der Waals surface area contributed by atoms with Gasteiger partial charge in [-0.3, -0.25) is 0 Å². The number of hydrogen-bond donors (Lipinski definition) is 1. The molecule has 1 aromatic rings. The van der Waals surface area contributed by atoms with Crippen molar-refractivity contribution in [3.8, 4) is 0 Å². The summed E-state index contributed by atoms with van der Waals surface area (Å²) in [7, 11) is -2.47. The van der Waals surface area contributed by atoms with E-state index < -0.39 is 8.25 Å². The average molecular weight is 208 g/mol. The highest BCUT2D eigenvalue weighted by Crippen LogP contribution is 2.17. The largest absolute Gasteiger partial charge is 0.695 e. The summed E-state index contributed by atoms with van der Waals surface area (Å²) in [5, 5.41) is 0. The van der Waals surface area contributed by atoms with Crippen LogP contribution in [0.4, 0.5) is 0 Å². The van der Waals surface area contributed by atoms with Gasteiger partial charge in [-0.2, -0.15) is 0 Å². The average Bonchev–Trinajstić information content (AvgIpc) is 2.03. The van der Waals surface area contributed by atoms with Gasteiger partial charge in [0.2, 0.25) is 0 Å². The highest BCUT2D eigenvalue weighted by atomic mass is 35.5. The molecule has 1 unspecified atom stereocenters. The molecule has 5 heteroatoms. The first-order valence-electron chi connectivity index (χ1n) is 3.12. The second kappa shape index (κ2) is 6.09. The van der Waals surface area contributed by atoms with Crippen molar-refractivity contribution in [2.45, 2.75) is 6.61 Å². The van der Waals surface area contributed by atoms with Crippen molar-refractivity contribution in [3.63, 3.8) is 0 Å². The third-order valence-electron chi connectivity index (χ3n) is 1.18. The Morgan fingerprint density at radius 3 is 2.42 bits per heavy atom. The quantitative estimate of drug-likeness (QED) is 0.774. The molecule has 0 bridgehead atoms. The predicted octanol–water partition coefficient (Wildman–Crippen LogP) is 2.27. The summed E-state index contributed by atoms with van der Waals surface area (Å²) >= 11 is 0. The van der Waals surface area contributed by atoms with E-state index in [-0.39, 0.29) is 19.0 Å². The normalized spacial score (nSPS) is 10.2. The predicted molar refractivity (Wildman–Crippen MR) is 48.3 cm³/mol. The molecule has 0 saturated carbocycles. The summed E-state index contributed by atoms with van der Waals surface area (Å²) in [5.41, 5.74) is 0.893. The van der Waals surface area contributed by atoms with Gasteiger partial charge in [0.15, 0.2) is 0 Å². The fraction of sp³-hybridized carbons (Fsp3) is 0.143. The second-order valence-electron chi connectivity index (χ2n) is 2.00. The Bertz CT molecular complexity index is 240. The van der Waals surface area contributed by atoms with Crippen molar-refractivity contribution in [1.82, 2.24) is 0 Å². The molecule has 0 spiro atoms. The minimum Gasteiger partial charge on any atom is -0.147 e. The summed E-state index contributed by atoms with van der Waals surface area (Å²) in [5.74, 6) is 0. The fourth-order valence-electron chi connectivity index (χ4n) is 0.704. The van der Waals surface area contributed by atoms with Crippen molar-refractivity contribution in [2.24, 2.45) is 0 Å². The van der Waals surface area contributed by atoms with Gasteiger partial charge in [0.1, 0.15) is 6.61 Å². The van der Waals surface area contributed by atoms with Gasteiger partial charge in [-0.05, 0) is 5.56 Å². The maximum absolute atomic E-state index is 10.1. The van der Waals surface area contributed by atoms with Gasteiger partial charge in [-0.15, -0.1) is 21.8 Å². The van der Waals surface area contributed by atoms with E-state index in [9.17, 15) is 4.57 Å². The lowest BCUT2D eigenvalue weighted by atomic mass is 10.2. The van der Waals surface area contributed by atoms with Gasteiger partial charge in [-0.1, -0.05) is 30.3 Å². The van der Waals surface area contributed by atoms with E-state index in [4.69, 9.17) is 4.89 Å². The van der Waals surface area contributed by atoms with Gasteiger partial charge < -0.3 is 0 Å². The minimum absolute atomic E-state index is 0. The molecule has 1 aromatic carbocycles. The van der Waals surface area contributed by atoms with Crippen LogP contribution in [-0.2, 0) is 15.7 Å². The first kappa shape index (κ1) is 11.5. The Morgan fingerprint density at radius 1 is 1.33 bits per heavy atom. The molecule has 0 fully saturated rings. The van der Waals surface area contributed by atoms with E-state index in [0.29, 0.717) is 0 Å². The molecule has 0 saturated heterocycles. The van der Waals surface area contributed by atoms with E-state index in [1.165, 1.54) is 0 Å². The van der Waals surface area contributed by atoms with E-state index in [1.807, 2.05) is 30.3 Å².